The molecule has 1 aliphatic rings. The van der Waals surface area contributed by atoms with Gasteiger partial charge in [0.15, 0.2) is 18.2 Å². The largest absolute Gasteiger partial charge is 0.482 e. The number of carbonyl (C=O) groups excluding carboxylic acids is 4. The van der Waals surface area contributed by atoms with Crippen LogP contribution in [0.25, 0.3) is 0 Å². The third-order valence-electron chi connectivity index (χ3n) is 5.22. The van der Waals surface area contributed by atoms with Gasteiger partial charge in [-0.05, 0) is 56.2 Å². The summed E-state index contributed by atoms with van der Waals surface area (Å²) in [5.41, 5.74) is 3.30. The SMILES string of the molecule is CCOC(=O)CCC(=O)c1ccc2c(c1)N(CC(=O)c1ccc(C)c(C)c1)C(=O)CO2. The molecule has 0 radical (unpaired) electrons. The van der Waals surface area contributed by atoms with E-state index in [0.717, 1.165) is 11.1 Å². The maximum absolute atomic E-state index is 12.8. The molecule has 7 nitrogen and oxygen atoms in total. The number of hydrogen-bond acceptors (Lipinski definition) is 6. The van der Waals surface area contributed by atoms with Gasteiger partial charge in [0.2, 0.25) is 0 Å². The fraction of sp³-hybridized carbons (Fsp3) is 0.333. The first-order valence-corrected chi connectivity index (χ1v) is 10.2. The molecule has 0 saturated heterocycles. The van der Waals surface area contributed by atoms with E-state index in [-0.39, 0.29) is 50.1 Å². The number of anilines is 1. The van der Waals surface area contributed by atoms with Crippen LogP contribution >= 0.6 is 0 Å². The maximum atomic E-state index is 12.8. The smallest absolute Gasteiger partial charge is 0.306 e. The number of aryl methyl sites for hydroxylation is 2. The molecule has 0 N–H and O–H groups in total. The number of nitrogens with zero attached hydrogens (tertiary/aromatic N) is 1. The molecule has 0 saturated carbocycles. The van der Waals surface area contributed by atoms with E-state index in [9.17, 15) is 19.2 Å². The summed E-state index contributed by atoms with van der Waals surface area (Å²) in [6.07, 6.45) is -0.0256. The zero-order valence-electron chi connectivity index (χ0n) is 17.9. The van der Waals surface area contributed by atoms with Crippen LogP contribution in [0.15, 0.2) is 36.4 Å². The summed E-state index contributed by atoms with van der Waals surface area (Å²) in [4.78, 5) is 50.7. The molecular formula is C24H25NO6. The van der Waals surface area contributed by atoms with Gasteiger partial charge in [-0.25, -0.2) is 0 Å². The van der Waals surface area contributed by atoms with Gasteiger partial charge in [-0.3, -0.25) is 24.1 Å². The van der Waals surface area contributed by atoms with Gasteiger partial charge in [0, 0.05) is 17.5 Å². The van der Waals surface area contributed by atoms with Gasteiger partial charge in [-0.15, -0.1) is 0 Å². The molecule has 2 aromatic carbocycles. The number of ketones is 2. The average molecular weight is 423 g/mol. The Bertz CT molecular complexity index is 1040. The Balaban J connectivity index is 1.81. The number of carbonyl (C=O) groups is 4. The van der Waals surface area contributed by atoms with Crippen molar-refractivity contribution in [2.75, 3.05) is 24.7 Å². The van der Waals surface area contributed by atoms with Crippen molar-refractivity contribution in [3.63, 3.8) is 0 Å². The molecule has 1 aliphatic heterocycles. The first kappa shape index (κ1) is 22.2. The normalized spacial score (nSPS) is 12.7. The summed E-state index contributed by atoms with van der Waals surface area (Å²) in [5.74, 6) is -0.833. The highest BCUT2D eigenvalue weighted by Gasteiger charge is 2.28. The predicted octanol–water partition coefficient (Wildman–Crippen LogP) is 3.44. The first-order chi connectivity index (χ1) is 14.8. The van der Waals surface area contributed by atoms with Crippen LogP contribution in [-0.4, -0.2) is 43.2 Å². The molecule has 2 aromatic rings. The highest BCUT2D eigenvalue weighted by Crippen LogP contribution is 2.33. The number of esters is 1. The van der Waals surface area contributed by atoms with Crippen LogP contribution in [0.2, 0.25) is 0 Å². The van der Waals surface area contributed by atoms with E-state index >= 15 is 0 Å². The van der Waals surface area contributed by atoms with Crippen LogP contribution in [-0.2, 0) is 14.3 Å². The number of benzene rings is 2. The Morgan fingerprint density at radius 1 is 0.968 bits per heavy atom. The summed E-state index contributed by atoms with van der Waals surface area (Å²) >= 11 is 0. The predicted molar refractivity (Wildman–Crippen MR) is 115 cm³/mol. The number of hydrogen-bond donors (Lipinski definition) is 0. The van der Waals surface area contributed by atoms with Crippen LogP contribution in [0.1, 0.15) is 51.6 Å². The number of amides is 1. The van der Waals surface area contributed by atoms with Crippen molar-refractivity contribution in [3.05, 3.63) is 58.7 Å². The number of rotatable bonds is 8. The van der Waals surface area contributed by atoms with Gasteiger partial charge in [-0.1, -0.05) is 12.1 Å². The fourth-order valence-electron chi connectivity index (χ4n) is 3.29. The summed E-state index contributed by atoms with van der Waals surface area (Å²) in [7, 11) is 0. The summed E-state index contributed by atoms with van der Waals surface area (Å²) < 4.78 is 10.3. The molecule has 0 aromatic heterocycles. The second-order valence-corrected chi connectivity index (χ2v) is 7.40. The molecule has 0 atom stereocenters. The molecule has 1 heterocycles. The van der Waals surface area contributed by atoms with Gasteiger partial charge in [0.1, 0.15) is 5.75 Å². The molecular weight excluding hydrogens is 398 g/mol. The van der Waals surface area contributed by atoms with Crippen molar-refractivity contribution in [2.24, 2.45) is 0 Å². The molecule has 31 heavy (non-hydrogen) atoms. The average Bonchev–Trinajstić information content (AvgIpc) is 2.75. The lowest BCUT2D eigenvalue weighted by atomic mass is 10.0. The van der Waals surface area contributed by atoms with Crippen molar-refractivity contribution >= 4 is 29.1 Å². The van der Waals surface area contributed by atoms with Crippen LogP contribution in [0.3, 0.4) is 0 Å². The van der Waals surface area contributed by atoms with Gasteiger partial charge in [0.05, 0.1) is 25.3 Å². The zero-order chi connectivity index (χ0) is 22.5. The molecule has 0 aliphatic carbocycles. The highest BCUT2D eigenvalue weighted by molar-refractivity contribution is 6.08. The highest BCUT2D eigenvalue weighted by atomic mass is 16.5. The summed E-state index contributed by atoms with van der Waals surface area (Å²) in [6, 6.07) is 10.1. The Morgan fingerprint density at radius 3 is 2.39 bits per heavy atom. The van der Waals surface area contributed by atoms with Crippen molar-refractivity contribution in [1.82, 2.24) is 0 Å². The third-order valence-corrected chi connectivity index (χ3v) is 5.22. The molecule has 0 spiro atoms. The Morgan fingerprint density at radius 2 is 1.68 bits per heavy atom. The van der Waals surface area contributed by atoms with Gasteiger partial charge < -0.3 is 9.47 Å². The van der Waals surface area contributed by atoms with Gasteiger partial charge in [0.25, 0.3) is 5.91 Å². The minimum absolute atomic E-state index is 0.00595. The molecule has 162 valence electrons. The first-order valence-electron chi connectivity index (χ1n) is 10.2. The number of Topliss-reactive ketones (excluding diaryl/α,β-unsaturated/α-hetero) is 2. The number of ether oxygens (including phenoxy) is 2. The molecule has 3 rings (SSSR count). The van der Waals surface area contributed by atoms with E-state index < -0.39 is 5.97 Å². The van der Waals surface area contributed by atoms with Crippen LogP contribution in [0.4, 0.5) is 5.69 Å². The third kappa shape index (κ3) is 5.17. The van der Waals surface area contributed by atoms with Crippen LogP contribution < -0.4 is 9.64 Å². The Labute approximate surface area is 180 Å². The fourth-order valence-corrected chi connectivity index (χ4v) is 3.29. The van der Waals surface area contributed by atoms with E-state index in [2.05, 4.69) is 0 Å². The summed E-state index contributed by atoms with van der Waals surface area (Å²) in [6.45, 7) is 5.52. The van der Waals surface area contributed by atoms with Crippen molar-refractivity contribution in [3.8, 4) is 5.75 Å². The topological polar surface area (TPSA) is 90.0 Å². The van der Waals surface area contributed by atoms with Crippen LogP contribution in [0, 0.1) is 13.8 Å². The molecule has 7 heteroatoms. The van der Waals surface area contributed by atoms with E-state index in [4.69, 9.17) is 9.47 Å². The maximum Gasteiger partial charge on any atom is 0.306 e. The van der Waals surface area contributed by atoms with Crippen molar-refractivity contribution in [1.29, 1.82) is 0 Å². The molecule has 0 unspecified atom stereocenters. The molecule has 0 bridgehead atoms. The summed E-state index contributed by atoms with van der Waals surface area (Å²) in [5, 5.41) is 0. The lowest BCUT2D eigenvalue weighted by Crippen LogP contribution is -2.42. The van der Waals surface area contributed by atoms with E-state index in [0.29, 0.717) is 22.6 Å². The lowest BCUT2D eigenvalue weighted by molar-refractivity contribution is -0.143. The second-order valence-electron chi connectivity index (χ2n) is 7.40. The Hall–Kier alpha value is -3.48. The van der Waals surface area contributed by atoms with E-state index in [1.54, 1.807) is 31.2 Å². The minimum atomic E-state index is -0.437. The standard InChI is InChI=1S/C24H25NO6/c1-4-30-24(29)10-8-20(26)18-7-9-22-19(12-18)25(23(28)14-31-22)13-21(27)17-6-5-15(2)16(3)11-17/h5-7,9,11-12H,4,8,10,13-14H2,1-3H3. The number of fused-ring (bicyclic) bond motifs is 1. The zero-order valence-corrected chi connectivity index (χ0v) is 17.9. The van der Waals surface area contributed by atoms with Crippen molar-refractivity contribution in [2.45, 2.75) is 33.6 Å². The van der Waals surface area contributed by atoms with Gasteiger partial charge >= 0.3 is 5.97 Å². The Kier molecular flexibility index (Phi) is 6.84. The van der Waals surface area contributed by atoms with Crippen LogP contribution in [0.5, 0.6) is 5.75 Å². The minimum Gasteiger partial charge on any atom is -0.482 e. The van der Waals surface area contributed by atoms with Crippen molar-refractivity contribution < 1.29 is 28.7 Å². The second kappa shape index (κ2) is 9.55. The molecule has 1 amide bonds. The van der Waals surface area contributed by atoms with E-state index in [1.807, 2.05) is 19.9 Å². The lowest BCUT2D eigenvalue weighted by Gasteiger charge is -2.29. The quantitative estimate of drug-likeness (QED) is 0.477. The van der Waals surface area contributed by atoms with E-state index in [1.165, 1.54) is 11.0 Å². The van der Waals surface area contributed by atoms with Gasteiger partial charge in [-0.2, -0.15) is 0 Å². The molecule has 0 fully saturated rings. The monoisotopic (exact) mass is 423 g/mol.